The van der Waals surface area contributed by atoms with Crippen molar-refractivity contribution in [2.24, 2.45) is 11.3 Å². The molecule has 2 aliphatic rings. The summed E-state index contributed by atoms with van der Waals surface area (Å²) in [5, 5.41) is 25.8. The van der Waals surface area contributed by atoms with Crippen LogP contribution in [0.15, 0.2) is 30.6 Å². The van der Waals surface area contributed by atoms with E-state index in [0.717, 1.165) is 24.8 Å². The number of rotatable bonds is 8. The van der Waals surface area contributed by atoms with Gasteiger partial charge in [0.15, 0.2) is 17.0 Å². The molecule has 0 amide bonds. The number of aromatic nitrogens is 4. The molecule has 8 nitrogen and oxygen atoms in total. The maximum atomic E-state index is 12.7. The van der Waals surface area contributed by atoms with E-state index in [1.54, 1.807) is 17.8 Å². The molecule has 0 aliphatic heterocycles. The van der Waals surface area contributed by atoms with Crippen molar-refractivity contribution >= 4 is 34.4 Å². The molecule has 2 heterocycles. The SMILES string of the molecule is CCCCC#Cc1nc(NCc2cccc(Cl)c2)c2ncn([C@@H]3C4C[C@@]4(C(=O)CC)C(O)[C@@H]3O)c2n1. The highest BCUT2D eigenvalue weighted by Crippen LogP contribution is 2.68. The van der Waals surface area contributed by atoms with Gasteiger partial charge < -0.3 is 20.1 Å². The minimum absolute atomic E-state index is 0.00745. The average molecular weight is 508 g/mol. The highest BCUT2D eigenvalue weighted by molar-refractivity contribution is 6.30. The first kappa shape index (κ1) is 24.7. The fourth-order valence-corrected chi connectivity index (χ4v) is 5.74. The van der Waals surface area contributed by atoms with Crippen LogP contribution in [0.2, 0.25) is 5.02 Å². The first-order valence-electron chi connectivity index (χ1n) is 12.5. The molecule has 5 rings (SSSR count). The third-order valence-electron chi connectivity index (χ3n) is 7.46. The molecule has 36 heavy (non-hydrogen) atoms. The van der Waals surface area contributed by atoms with Gasteiger partial charge in [-0.3, -0.25) is 4.79 Å². The first-order chi connectivity index (χ1) is 17.4. The second-order valence-corrected chi connectivity index (χ2v) is 10.1. The van der Waals surface area contributed by atoms with E-state index in [2.05, 4.69) is 39.0 Å². The molecule has 2 aliphatic carbocycles. The van der Waals surface area contributed by atoms with Crippen molar-refractivity contribution in [2.45, 2.75) is 70.7 Å². The summed E-state index contributed by atoms with van der Waals surface area (Å²) in [4.78, 5) is 26.6. The van der Waals surface area contributed by atoms with Gasteiger partial charge in [0, 0.05) is 24.4 Å². The minimum Gasteiger partial charge on any atom is -0.389 e. The van der Waals surface area contributed by atoms with E-state index in [9.17, 15) is 15.0 Å². The Bertz CT molecular complexity index is 1360. The summed E-state index contributed by atoms with van der Waals surface area (Å²) in [6.07, 6.45) is 3.10. The van der Waals surface area contributed by atoms with Crippen LogP contribution < -0.4 is 5.32 Å². The number of hydrogen-bond donors (Lipinski definition) is 3. The number of nitrogens with zero attached hydrogens (tertiary/aromatic N) is 4. The van der Waals surface area contributed by atoms with Crippen molar-refractivity contribution in [1.82, 2.24) is 19.5 Å². The van der Waals surface area contributed by atoms with Gasteiger partial charge in [0.2, 0.25) is 5.82 Å². The van der Waals surface area contributed by atoms with Crippen LogP contribution in [-0.4, -0.2) is 47.7 Å². The molecular weight excluding hydrogens is 478 g/mol. The van der Waals surface area contributed by atoms with Crippen molar-refractivity contribution < 1.29 is 15.0 Å². The molecule has 3 N–H and O–H groups in total. The Morgan fingerprint density at radius 2 is 2.14 bits per heavy atom. The summed E-state index contributed by atoms with van der Waals surface area (Å²) in [6, 6.07) is 7.06. The van der Waals surface area contributed by atoms with Crippen LogP contribution in [0.5, 0.6) is 0 Å². The predicted molar refractivity (Wildman–Crippen MR) is 137 cm³/mol. The van der Waals surface area contributed by atoms with Crippen molar-refractivity contribution in [3.05, 3.63) is 47.0 Å². The summed E-state index contributed by atoms with van der Waals surface area (Å²) in [5.41, 5.74) is 1.16. The highest BCUT2D eigenvalue weighted by Gasteiger charge is 2.74. The van der Waals surface area contributed by atoms with Crippen LogP contribution in [0, 0.1) is 23.2 Å². The number of aliphatic hydroxyl groups excluding tert-OH is 2. The van der Waals surface area contributed by atoms with E-state index in [1.807, 2.05) is 24.3 Å². The van der Waals surface area contributed by atoms with Gasteiger partial charge in [0.05, 0.1) is 23.9 Å². The molecule has 2 saturated carbocycles. The zero-order valence-electron chi connectivity index (χ0n) is 20.4. The van der Waals surface area contributed by atoms with E-state index < -0.39 is 23.7 Å². The molecule has 188 valence electrons. The van der Waals surface area contributed by atoms with E-state index in [4.69, 9.17) is 11.6 Å². The summed E-state index contributed by atoms with van der Waals surface area (Å²) in [5.74, 6) is 6.91. The average Bonchev–Trinajstić information content (AvgIpc) is 3.41. The number of benzene rings is 1. The molecule has 2 unspecified atom stereocenters. The Morgan fingerprint density at radius 1 is 1.31 bits per heavy atom. The van der Waals surface area contributed by atoms with E-state index >= 15 is 0 Å². The summed E-state index contributed by atoms with van der Waals surface area (Å²) < 4.78 is 1.79. The number of anilines is 1. The number of ketones is 1. The third kappa shape index (κ3) is 4.15. The van der Waals surface area contributed by atoms with Gasteiger partial charge in [0.1, 0.15) is 11.9 Å². The second-order valence-electron chi connectivity index (χ2n) is 9.66. The normalized spacial score (nSPS) is 26.4. The number of carbonyl (C=O) groups is 1. The molecule has 5 atom stereocenters. The molecule has 0 bridgehead atoms. The molecular formula is C27H30ClN5O3. The number of fused-ring (bicyclic) bond motifs is 2. The Morgan fingerprint density at radius 3 is 2.89 bits per heavy atom. The number of carbonyl (C=O) groups excluding carboxylic acids is 1. The lowest BCUT2D eigenvalue weighted by molar-refractivity contribution is -0.130. The van der Waals surface area contributed by atoms with Gasteiger partial charge >= 0.3 is 0 Å². The minimum atomic E-state index is -1.10. The lowest BCUT2D eigenvalue weighted by Gasteiger charge is -2.23. The quantitative estimate of drug-likeness (QED) is 0.313. The smallest absolute Gasteiger partial charge is 0.208 e. The topological polar surface area (TPSA) is 113 Å². The Kier molecular flexibility index (Phi) is 6.73. The van der Waals surface area contributed by atoms with E-state index in [0.29, 0.717) is 47.2 Å². The lowest BCUT2D eigenvalue weighted by atomic mass is 9.92. The fraction of sp³-hybridized carbons (Fsp3) is 0.481. The summed E-state index contributed by atoms with van der Waals surface area (Å²) in [7, 11) is 0. The number of aliphatic hydroxyl groups is 2. The van der Waals surface area contributed by atoms with Gasteiger partial charge in [-0.15, -0.1) is 0 Å². The fourth-order valence-electron chi connectivity index (χ4n) is 5.53. The van der Waals surface area contributed by atoms with Gasteiger partial charge in [0.25, 0.3) is 0 Å². The standard InChI is InChI=1S/C27H30ClN5O3/c1-3-5-6-7-11-20-31-25(29-14-16-9-8-10-17(28)12-16)21-26(32-20)33(15-30-21)22-18-13-27(18,19(34)4-2)24(36)23(22)35/h8-10,12,15,18,22-24,35-36H,3-6,13-14H2,1-2H3,(H,29,31,32)/t18?,22-,23-,24?,27-/m1/s1. The molecule has 0 radical (unpaired) electrons. The maximum Gasteiger partial charge on any atom is 0.208 e. The summed E-state index contributed by atoms with van der Waals surface area (Å²) >= 11 is 6.14. The van der Waals surface area contributed by atoms with Gasteiger partial charge in [-0.2, -0.15) is 0 Å². The predicted octanol–water partition coefficient (Wildman–Crippen LogP) is 3.90. The molecule has 9 heteroatoms. The van der Waals surface area contributed by atoms with Crippen LogP contribution in [0.1, 0.15) is 63.4 Å². The monoisotopic (exact) mass is 507 g/mol. The van der Waals surface area contributed by atoms with Crippen LogP contribution in [0.25, 0.3) is 11.2 Å². The maximum absolute atomic E-state index is 12.7. The lowest BCUT2D eigenvalue weighted by Crippen LogP contribution is -2.37. The van der Waals surface area contributed by atoms with Crippen molar-refractivity contribution in [2.75, 3.05) is 5.32 Å². The van der Waals surface area contributed by atoms with E-state index in [1.165, 1.54) is 0 Å². The van der Waals surface area contributed by atoms with Crippen LogP contribution in [-0.2, 0) is 11.3 Å². The molecule has 2 aromatic heterocycles. The number of unbranched alkanes of at least 4 members (excludes halogenated alkanes) is 2. The number of nitrogens with one attached hydrogen (secondary N) is 1. The van der Waals surface area contributed by atoms with Gasteiger partial charge in [-0.05, 0) is 42.4 Å². The first-order valence-corrected chi connectivity index (χ1v) is 12.9. The van der Waals surface area contributed by atoms with E-state index in [-0.39, 0.29) is 11.7 Å². The van der Waals surface area contributed by atoms with Gasteiger partial charge in [-0.25, -0.2) is 15.0 Å². The van der Waals surface area contributed by atoms with Crippen molar-refractivity contribution in [3.8, 4) is 11.8 Å². The Labute approximate surface area is 215 Å². The second kappa shape index (κ2) is 9.81. The number of halogens is 1. The molecule has 0 saturated heterocycles. The third-order valence-corrected chi connectivity index (χ3v) is 7.70. The highest BCUT2D eigenvalue weighted by atomic mass is 35.5. The van der Waals surface area contributed by atoms with Crippen molar-refractivity contribution in [3.63, 3.8) is 0 Å². The van der Waals surface area contributed by atoms with Crippen LogP contribution in [0.4, 0.5) is 5.82 Å². The molecule has 1 aromatic carbocycles. The molecule has 2 fully saturated rings. The largest absolute Gasteiger partial charge is 0.389 e. The number of imidazole rings is 1. The number of Topliss-reactive ketones (excluding diaryl/α,β-unsaturated/α-hetero) is 1. The summed E-state index contributed by atoms with van der Waals surface area (Å²) in [6.45, 7) is 4.38. The van der Waals surface area contributed by atoms with Crippen molar-refractivity contribution in [1.29, 1.82) is 0 Å². The van der Waals surface area contributed by atoms with Gasteiger partial charge in [-0.1, -0.05) is 49.9 Å². The zero-order valence-corrected chi connectivity index (χ0v) is 21.2. The number of hydrogen-bond acceptors (Lipinski definition) is 7. The Hall–Kier alpha value is -2.99. The Balaban J connectivity index is 1.53. The molecule has 3 aromatic rings. The zero-order chi connectivity index (χ0) is 25.4. The molecule has 0 spiro atoms. The van der Waals surface area contributed by atoms with Crippen LogP contribution >= 0.6 is 11.6 Å². The van der Waals surface area contributed by atoms with Crippen LogP contribution in [0.3, 0.4) is 0 Å².